The smallest absolute Gasteiger partial charge is 0.262 e. The molecular weight excluding hydrogens is 888 g/mol. The predicted molar refractivity (Wildman–Crippen MR) is 248 cm³/mol. The fourth-order valence-corrected chi connectivity index (χ4v) is 10.2. The summed E-state index contributed by atoms with van der Waals surface area (Å²) in [5, 5.41) is 2.96. The lowest BCUT2D eigenvalue weighted by Crippen LogP contribution is -2.56. The first kappa shape index (κ1) is 57.4. The molecule has 5 saturated carbocycles. The summed E-state index contributed by atoms with van der Waals surface area (Å²) in [6.07, 6.45) is 11.8. The predicted octanol–water partition coefficient (Wildman–Crippen LogP) is 10.2. The molecule has 2 unspecified atom stereocenters. The number of fused-ring (bicyclic) bond motifs is 2. The van der Waals surface area contributed by atoms with Crippen LogP contribution in [0.5, 0.6) is 0 Å². The average Bonchev–Trinajstić information content (AvgIpc) is 4.14. The maximum absolute atomic E-state index is 14.7. The van der Waals surface area contributed by atoms with E-state index in [0.29, 0.717) is 73.1 Å². The Kier molecular flexibility index (Phi) is 19.0. The van der Waals surface area contributed by atoms with Gasteiger partial charge in [0, 0.05) is 60.7 Å². The summed E-state index contributed by atoms with van der Waals surface area (Å²) in [6, 6.07) is 13.1. The van der Waals surface area contributed by atoms with E-state index < -0.39 is 56.3 Å². The van der Waals surface area contributed by atoms with Gasteiger partial charge in [-0.3, -0.25) is 33.8 Å². The molecule has 3 aliphatic heterocycles. The Bertz CT molecular complexity index is 2090. The molecular formula is C48H71ClF4N4O7S. The number of imide groups is 2. The number of piperidine rings is 1. The van der Waals surface area contributed by atoms with Gasteiger partial charge in [0.1, 0.15) is 11.8 Å². The van der Waals surface area contributed by atoms with E-state index in [2.05, 4.69) is 10.0 Å². The first-order chi connectivity index (χ1) is 28.3. The van der Waals surface area contributed by atoms with Crippen molar-refractivity contribution in [2.75, 3.05) is 38.4 Å². The Hall–Kier alpha value is -3.73. The van der Waals surface area contributed by atoms with E-state index in [1.54, 1.807) is 48.5 Å². The van der Waals surface area contributed by atoms with Crippen LogP contribution in [0.4, 0.5) is 17.6 Å². The summed E-state index contributed by atoms with van der Waals surface area (Å²) in [5.74, 6) is -8.33. The van der Waals surface area contributed by atoms with Crippen molar-refractivity contribution in [1.29, 1.82) is 0 Å². The number of Topliss-reactive ketones (excluding diaryl/α,β-unsaturated/α-hetero) is 1. The molecule has 1 saturated heterocycles. The molecule has 4 amide bonds. The topological polar surface area (TPSA) is 150 Å². The highest BCUT2D eigenvalue weighted by Crippen LogP contribution is 2.65. The number of halogens is 5. The zero-order chi connectivity index (χ0) is 43.3. The molecule has 0 bridgehead atoms. The van der Waals surface area contributed by atoms with Crippen molar-refractivity contribution >= 4 is 51.0 Å². The van der Waals surface area contributed by atoms with E-state index in [-0.39, 0.29) is 80.0 Å². The Labute approximate surface area is 389 Å². The molecule has 5 aliphatic carbocycles. The number of rotatable bonds is 6. The molecule has 2 aromatic carbocycles. The number of hydrogen-bond donors (Lipinski definition) is 2. The van der Waals surface area contributed by atoms with Crippen LogP contribution in [0.15, 0.2) is 48.5 Å². The Morgan fingerprint density at radius 1 is 0.646 bits per heavy atom. The van der Waals surface area contributed by atoms with Crippen LogP contribution in [-0.4, -0.2) is 97.9 Å². The summed E-state index contributed by atoms with van der Waals surface area (Å²) in [6.45, 7) is 0.147. The molecule has 2 atom stereocenters. The number of carbonyl (C=O) groups excluding carboxylic acids is 5. The average molecular weight is 960 g/mol. The standard InChI is InChI=1S/C17H17F2NO2.C9H6ClNO2.C9H16F2N2O2S.C8H12O.5CH4/c18-17(19)11(4-3-7-16(17)8-9-16)10-20-14(21)12-5-1-2-6-13(12)15(20)22;10-5-11-8(12)6-3-1-2-4-7(6)9(11)13;1-16(14,15)13-5-7-4-12-6-8(2-3-8)9(7,10)11;9-7-3-1-2-4-8(7)5-6-8;;;;;/h1-2,5-6,11H,3-4,7-10H2;1-4H,5H2;7,12-13H,2-6H2,1H3;1-6H2;5*1H4. The molecule has 3 spiro atoms. The quantitative estimate of drug-likeness (QED) is 0.126. The first-order valence-corrected chi connectivity index (χ1v) is 23.2. The van der Waals surface area contributed by atoms with Crippen molar-refractivity contribution < 1.29 is 50.0 Å². The van der Waals surface area contributed by atoms with Crippen LogP contribution in [0.25, 0.3) is 0 Å². The second-order valence-corrected chi connectivity index (χ2v) is 19.8. The molecule has 2 aromatic rings. The minimum absolute atomic E-state index is 0. The van der Waals surface area contributed by atoms with Crippen molar-refractivity contribution in [2.45, 2.75) is 132 Å². The van der Waals surface area contributed by atoms with Crippen LogP contribution in [0.2, 0.25) is 0 Å². The summed E-state index contributed by atoms with van der Waals surface area (Å²) in [7, 11) is -3.40. The number of ketones is 1. The highest BCUT2D eigenvalue weighted by atomic mass is 35.5. The lowest BCUT2D eigenvalue weighted by molar-refractivity contribution is -0.147. The Morgan fingerprint density at radius 2 is 1.11 bits per heavy atom. The SMILES string of the molecule is C.C.C.C.C.CS(=O)(=O)NCC1CNCC2(CC2)C1(F)F.O=C1CCCCC12CC2.O=C1c2ccccc2C(=O)N1CC1CCCC2(CC2)C1(F)F.O=C1c2ccccc2C(=O)N1CCl. The van der Waals surface area contributed by atoms with Crippen molar-refractivity contribution in [2.24, 2.45) is 28.1 Å². The lowest BCUT2D eigenvalue weighted by atomic mass is 9.75. The molecule has 2 N–H and O–H groups in total. The summed E-state index contributed by atoms with van der Waals surface area (Å²) < 4.78 is 81.3. The minimum Gasteiger partial charge on any atom is -0.315 e. The second kappa shape index (κ2) is 21.5. The van der Waals surface area contributed by atoms with E-state index in [1.807, 2.05) is 0 Å². The third-order valence-corrected chi connectivity index (χ3v) is 14.8. The van der Waals surface area contributed by atoms with E-state index in [4.69, 9.17) is 11.6 Å². The van der Waals surface area contributed by atoms with Gasteiger partial charge in [0.15, 0.2) is 0 Å². The lowest BCUT2D eigenvalue weighted by Gasteiger charge is -2.39. The zero-order valence-electron chi connectivity index (χ0n) is 33.6. The highest BCUT2D eigenvalue weighted by Gasteiger charge is 2.67. The minimum atomic E-state index is -3.40. The van der Waals surface area contributed by atoms with Gasteiger partial charge in [-0.2, -0.15) is 0 Å². The zero-order valence-corrected chi connectivity index (χ0v) is 35.1. The molecule has 10 rings (SSSR count). The summed E-state index contributed by atoms with van der Waals surface area (Å²) >= 11 is 5.47. The molecule has 17 heteroatoms. The molecule has 3 heterocycles. The van der Waals surface area contributed by atoms with E-state index in [1.165, 1.54) is 25.7 Å². The molecule has 6 fully saturated rings. The third-order valence-electron chi connectivity index (χ3n) is 13.8. The van der Waals surface area contributed by atoms with Crippen LogP contribution in [0.3, 0.4) is 0 Å². The van der Waals surface area contributed by atoms with Crippen LogP contribution < -0.4 is 10.0 Å². The molecule has 11 nitrogen and oxygen atoms in total. The number of benzene rings is 2. The molecule has 366 valence electrons. The summed E-state index contributed by atoms with van der Waals surface area (Å²) in [4.78, 5) is 60.8. The fourth-order valence-electron chi connectivity index (χ4n) is 9.49. The van der Waals surface area contributed by atoms with E-state index in [9.17, 15) is 50.0 Å². The van der Waals surface area contributed by atoms with E-state index in [0.717, 1.165) is 35.3 Å². The van der Waals surface area contributed by atoms with Gasteiger partial charge in [-0.1, -0.05) is 74.2 Å². The summed E-state index contributed by atoms with van der Waals surface area (Å²) in [5.41, 5.74) is 0.0175. The van der Waals surface area contributed by atoms with Crippen molar-refractivity contribution in [3.63, 3.8) is 0 Å². The van der Waals surface area contributed by atoms with E-state index >= 15 is 0 Å². The van der Waals surface area contributed by atoms with Gasteiger partial charge < -0.3 is 5.32 Å². The number of nitrogens with zero attached hydrogens (tertiary/aromatic N) is 2. The number of nitrogens with one attached hydrogen (secondary N) is 2. The van der Waals surface area contributed by atoms with Gasteiger partial charge in [-0.15, -0.1) is 11.6 Å². The Balaban J connectivity index is 0.000000303. The third kappa shape index (κ3) is 11.2. The van der Waals surface area contributed by atoms with Crippen molar-refractivity contribution in [3.8, 4) is 0 Å². The normalized spacial score (nSPS) is 24.6. The van der Waals surface area contributed by atoms with Gasteiger partial charge >= 0.3 is 0 Å². The number of alkyl halides is 5. The molecule has 65 heavy (non-hydrogen) atoms. The van der Waals surface area contributed by atoms with Crippen LogP contribution >= 0.6 is 11.6 Å². The molecule has 0 aromatic heterocycles. The first-order valence-electron chi connectivity index (χ1n) is 20.7. The maximum atomic E-state index is 14.7. The second-order valence-electron chi connectivity index (χ2n) is 17.7. The maximum Gasteiger partial charge on any atom is 0.262 e. The van der Waals surface area contributed by atoms with Crippen LogP contribution in [-0.2, 0) is 14.8 Å². The van der Waals surface area contributed by atoms with Crippen molar-refractivity contribution in [3.05, 3.63) is 70.8 Å². The number of amides is 4. The fraction of sp³-hybridized carbons (Fsp3) is 0.646. The number of carbonyl (C=O) groups is 5. The number of sulfonamides is 1. The van der Waals surface area contributed by atoms with Gasteiger partial charge in [-0.05, 0) is 88.5 Å². The van der Waals surface area contributed by atoms with Crippen LogP contribution in [0.1, 0.15) is 162 Å². The van der Waals surface area contributed by atoms with Crippen LogP contribution in [0, 0.1) is 28.1 Å². The highest BCUT2D eigenvalue weighted by molar-refractivity contribution is 7.88. The van der Waals surface area contributed by atoms with Crippen molar-refractivity contribution in [1.82, 2.24) is 19.8 Å². The largest absolute Gasteiger partial charge is 0.315 e. The Morgan fingerprint density at radius 3 is 1.51 bits per heavy atom. The molecule has 8 aliphatic rings. The number of hydrogen-bond acceptors (Lipinski definition) is 8. The van der Waals surface area contributed by atoms with Gasteiger partial charge in [0.05, 0.1) is 28.5 Å². The van der Waals surface area contributed by atoms with Gasteiger partial charge in [0.25, 0.3) is 35.5 Å². The van der Waals surface area contributed by atoms with Gasteiger partial charge in [-0.25, -0.2) is 30.7 Å². The molecule has 0 radical (unpaired) electrons. The van der Waals surface area contributed by atoms with Gasteiger partial charge in [0.2, 0.25) is 10.0 Å². The monoisotopic (exact) mass is 958 g/mol.